The van der Waals surface area contributed by atoms with Crippen molar-refractivity contribution in [3.8, 4) is 23.0 Å². The minimum Gasteiger partial charge on any atom is -0.475 e. The predicted molar refractivity (Wildman–Crippen MR) is 120 cm³/mol. The summed E-state index contributed by atoms with van der Waals surface area (Å²) in [5, 5.41) is 3.21. The van der Waals surface area contributed by atoms with Crippen LogP contribution in [0.25, 0.3) is 21.9 Å². The molecule has 1 aliphatic carbocycles. The summed E-state index contributed by atoms with van der Waals surface area (Å²) < 4.78 is 36.2. The molecule has 0 spiro atoms. The molecular formula is C25H22F2N4O2. The average molecular weight is 448 g/mol. The summed E-state index contributed by atoms with van der Waals surface area (Å²) in [5.41, 5.74) is 0.768. The Kier molecular flexibility index (Phi) is 5.65. The monoisotopic (exact) mass is 448 g/mol. The molecule has 2 fully saturated rings. The molecule has 1 saturated carbocycles. The number of aromatic nitrogens is 2. The van der Waals surface area contributed by atoms with E-state index < -0.39 is 23.1 Å². The largest absolute Gasteiger partial charge is 0.475 e. The average Bonchev–Trinajstić information content (AvgIpc) is 3.55. The van der Waals surface area contributed by atoms with Crippen LogP contribution in [0.5, 0.6) is 5.88 Å². The van der Waals surface area contributed by atoms with E-state index in [0.29, 0.717) is 11.6 Å². The van der Waals surface area contributed by atoms with Crippen molar-refractivity contribution in [1.82, 2.24) is 14.9 Å². The van der Waals surface area contributed by atoms with Gasteiger partial charge in [0.2, 0.25) is 5.69 Å². The topological polar surface area (TPSA) is 60.5 Å². The van der Waals surface area contributed by atoms with Gasteiger partial charge in [0.1, 0.15) is 5.82 Å². The van der Waals surface area contributed by atoms with E-state index in [-0.39, 0.29) is 29.6 Å². The second kappa shape index (κ2) is 8.75. The van der Waals surface area contributed by atoms with Crippen LogP contribution in [0.3, 0.4) is 0 Å². The molecule has 3 aromatic rings. The van der Waals surface area contributed by atoms with Gasteiger partial charge in [0.25, 0.3) is 17.3 Å². The molecule has 0 bridgehead atoms. The van der Waals surface area contributed by atoms with E-state index in [1.165, 1.54) is 17.7 Å². The molecule has 2 aromatic carbocycles. The molecule has 1 aliphatic heterocycles. The van der Waals surface area contributed by atoms with Crippen LogP contribution in [-0.2, 0) is 0 Å². The molecule has 0 radical (unpaired) electrons. The summed E-state index contributed by atoms with van der Waals surface area (Å²) >= 11 is 0. The van der Waals surface area contributed by atoms with Crippen molar-refractivity contribution in [3.63, 3.8) is 0 Å². The first-order valence-electron chi connectivity index (χ1n) is 11.0. The molecule has 168 valence electrons. The molecule has 8 heteroatoms. The molecule has 33 heavy (non-hydrogen) atoms. The van der Waals surface area contributed by atoms with E-state index in [0.717, 1.165) is 43.0 Å². The van der Waals surface area contributed by atoms with Crippen LogP contribution in [0.2, 0.25) is 0 Å². The van der Waals surface area contributed by atoms with Gasteiger partial charge in [0, 0.05) is 18.0 Å². The lowest BCUT2D eigenvalue weighted by molar-refractivity contribution is 0.238. The van der Waals surface area contributed by atoms with Crippen molar-refractivity contribution in [2.75, 3.05) is 19.7 Å². The highest BCUT2D eigenvalue weighted by Crippen LogP contribution is 2.40. The Balaban J connectivity index is 1.61. The lowest BCUT2D eigenvalue weighted by atomic mass is 10.1. The number of hydrogen-bond acceptors (Lipinski definition) is 4. The van der Waals surface area contributed by atoms with Crippen LogP contribution in [0.4, 0.5) is 14.5 Å². The van der Waals surface area contributed by atoms with Crippen molar-refractivity contribution in [3.05, 3.63) is 81.4 Å². The zero-order chi connectivity index (χ0) is 22.9. The molecule has 2 heterocycles. The maximum absolute atomic E-state index is 15.1. The van der Waals surface area contributed by atoms with Gasteiger partial charge in [-0.2, -0.15) is 9.37 Å². The first-order valence-corrected chi connectivity index (χ1v) is 11.0. The Hall–Kier alpha value is -3.57. The number of nitrogens with one attached hydrogen (secondary N) is 1. The third-order valence-electron chi connectivity index (χ3n) is 6.14. The summed E-state index contributed by atoms with van der Waals surface area (Å²) in [4.78, 5) is 20.6. The fraction of sp³-hybridized carbons (Fsp3) is 0.320. The van der Waals surface area contributed by atoms with Gasteiger partial charge in [-0.1, -0.05) is 24.3 Å². The first-order chi connectivity index (χ1) is 16.0. The van der Waals surface area contributed by atoms with Gasteiger partial charge >= 0.3 is 0 Å². The molecular weight excluding hydrogens is 426 g/mol. The molecule has 0 unspecified atom stereocenters. The summed E-state index contributed by atoms with van der Waals surface area (Å²) in [6, 6.07) is 11.3. The SMILES string of the molecule is [C-]#[N+]c1ccc(-c2nc(OC[C@@H]3CCNC3)c(F)c(=O)n2-c2ccc(C3CC3)cc2)cc1F. The standard InChI is InChI=1S/C25H22F2N4O2/c1-28-21-9-6-18(12-20(21)26)23-30-24(33-14-15-10-11-29-13-15)22(27)25(32)31(23)19-7-4-17(5-8-19)16-2-3-16/h4-9,12,15-16,29H,2-3,10-11,13-14H2/t15-/m1/s1. The number of rotatable bonds is 6. The molecule has 1 aromatic heterocycles. The van der Waals surface area contributed by atoms with Gasteiger partial charge < -0.3 is 10.1 Å². The van der Waals surface area contributed by atoms with E-state index in [4.69, 9.17) is 11.3 Å². The van der Waals surface area contributed by atoms with Crippen molar-refractivity contribution >= 4 is 5.69 Å². The number of halogens is 2. The highest BCUT2D eigenvalue weighted by Gasteiger charge is 2.25. The predicted octanol–water partition coefficient (Wildman–Crippen LogP) is 4.59. The lowest BCUT2D eigenvalue weighted by Gasteiger charge is -2.17. The summed E-state index contributed by atoms with van der Waals surface area (Å²) in [6.07, 6.45) is 3.16. The second-order valence-electron chi connectivity index (χ2n) is 8.51. The molecule has 6 nitrogen and oxygen atoms in total. The Morgan fingerprint density at radius 1 is 1.15 bits per heavy atom. The Labute approximate surface area is 189 Å². The number of benzene rings is 2. The van der Waals surface area contributed by atoms with E-state index in [9.17, 15) is 9.18 Å². The van der Waals surface area contributed by atoms with Crippen molar-refractivity contribution in [2.45, 2.75) is 25.2 Å². The van der Waals surface area contributed by atoms with Crippen LogP contribution in [0.15, 0.2) is 47.3 Å². The van der Waals surface area contributed by atoms with E-state index in [2.05, 4.69) is 15.1 Å². The van der Waals surface area contributed by atoms with Crippen LogP contribution in [0.1, 0.15) is 30.7 Å². The van der Waals surface area contributed by atoms with Gasteiger partial charge in [0.15, 0.2) is 5.82 Å². The molecule has 1 atom stereocenters. The fourth-order valence-electron chi connectivity index (χ4n) is 4.11. The molecule has 0 amide bonds. The highest BCUT2D eigenvalue weighted by molar-refractivity contribution is 5.63. The molecule has 5 rings (SSSR count). The van der Waals surface area contributed by atoms with Gasteiger partial charge in [-0.05, 0) is 55.5 Å². The second-order valence-corrected chi connectivity index (χ2v) is 8.51. The number of hydrogen-bond donors (Lipinski definition) is 1. The quantitative estimate of drug-likeness (QED) is 0.560. The van der Waals surface area contributed by atoms with Gasteiger partial charge in [-0.25, -0.2) is 9.24 Å². The minimum atomic E-state index is -1.09. The van der Waals surface area contributed by atoms with E-state index in [1.54, 1.807) is 12.1 Å². The Morgan fingerprint density at radius 2 is 1.94 bits per heavy atom. The van der Waals surface area contributed by atoms with Gasteiger partial charge in [0.05, 0.1) is 18.9 Å². The summed E-state index contributed by atoms with van der Waals surface area (Å²) in [5.74, 6) is -1.45. The van der Waals surface area contributed by atoms with Crippen molar-refractivity contribution in [2.24, 2.45) is 5.92 Å². The zero-order valence-corrected chi connectivity index (χ0v) is 17.9. The first kappa shape index (κ1) is 21.3. The Bertz CT molecular complexity index is 1290. The fourth-order valence-corrected chi connectivity index (χ4v) is 4.11. The van der Waals surface area contributed by atoms with Crippen LogP contribution >= 0.6 is 0 Å². The number of nitrogens with zero attached hydrogens (tertiary/aromatic N) is 3. The van der Waals surface area contributed by atoms with Crippen LogP contribution in [0, 0.1) is 24.1 Å². The summed E-state index contributed by atoms with van der Waals surface area (Å²) in [6.45, 7) is 8.91. The van der Waals surface area contributed by atoms with Crippen molar-refractivity contribution in [1.29, 1.82) is 0 Å². The molecule has 2 aliphatic rings. The van der Waals surface area contributed by atoms with Crippen LogP contribution < -0.4 is 15.6 Å². The van der Waals surface area contributed by atoms with Gasteiger partial charge in [-0.15, -0.1) is 0 Å². The molecule has 1 N–H and O–H groups in total. The van der Waals surface area contributed by atoms with Crippen molar-refractivity contribution < 1.29 is 13.5 Å². The smallest absolute Gasteiger partial charge is 0.298 e. The van der Waals surface area contributed by atoms with E-state index in [1.807, 2.05) is 12.1 Å². The third-order valence-corrected chi connectivity index (χ3v) is 6.14. The number of ether oxygens (including phenoxy) is 1. The maximum atomic E-state index is 15.1. The zero-order valence-electron chi connectivity index (χ0n) is 17.9. The normalized spacial score (nSPS) is 17.7. The highest BCUT2D eigenvalue weighted by atomic mass is 19.1. The third kappa shape index (κ3) is 4.24. The molecule has 1 saturated heterocycles. The lowest BCUT2D eigenvalue weighted by Crippen LogP contribution is -2.27. The van der Waals surface area contributed by atoms with Gasteiger partial charge in [-0.3, -0.25) is 9.36 Å². The maximum Gasteiger partial charge on any atom is 0.298 e. The minimum absolute atomic E-state index is 0.0514. The Morgan fingerprint density at radius 3 is 2.58 bits per heavy atom. The van der Waals surface area contributed by atoms with Crippen LogP contribution in [-0.4, -0.2) is 29.2 Å². The summed E-state index contributed by atoms with van der Waals surface area (Å²) in [7, 11) is 0. The van der Waals surface area contributed by atoms with E-state index >= 15 is 4.39 Å².